The number of hydrogen-bond donors (Lipinski definition) is 0. The van der Waals surface area contributed by atoms with Crippen LogP contribution in [0.4, 0.5) is 0 Å². The molecule has 1 nitrogen and oxygen atoms in total. The standard InChI is InChI=1S/C14H20O/c1-3-4-5-9-12-15-13(2)14-10-7-6-8-11-14/h6-8,10-11H,2-5,9,12H2,1H3. The van der Waals surface area contributed by atoms with Gasteiger partial charge in [0.25, 0.3) is 0 Å². The van der Waals surface area contributed by atoms with E-state index < -0.39 is 0 Å². The highest BCUT2D eigenvalue weighted by molar-refractivity contribution is 5.56. The molecule has 0 saturated carbocycles. The topological polar surface area (TPSA) is 9.23 Å². The molecule has 0 aliphatic carbocycles. The average Bonchev–Trinajstić information content (AvgIpc) is 2.30. The molecule has 0 atom stereocenters. The quantitative estimate of drug-likeness (QED) is 0.476. The number of rotatable bonds is 7. The molecule has 0 unspecified atom stereocenters. The first kappa shape index (κ1) is 11.8. The molecule has 0 radical (unpaired) electrons. The van der Waals surface area contributed by atoms with Gasteiger partial charge in [-0.05, 0) is 6.42 Å². The van der Waals surface area contributed by atoms with Crippen molar-refractivity contribution in [3.05, 3.63) is 42.5 Å². The van der Waals surface area contributed by atoms with Crippen LogP contribution < -0.4 is 0 Å². The van der Waals surface area contributed by atoms with Crippen LogP contribution in [0, 0.1) is 0 Å². The minimum atomic E-state index is 0.784. The van der Waals surface area contributed by atoms with Gasteiger partial charge in [0.15, 0.2) is 0 Å². The highest BCUT2D eigenvalue weighted by Gasteiger charge is 1.97. The molecular formula is C14H20O. The second kappa shape index (κ2) is 7.10. The van der Waals surface area contributed by atoms with E-state index in [4.69, 9.17) is 4.74 Å². The van der Waals surface area contributed by atoms with Crippen molar-refractivity contribution in [1.29, 1.82) is 0 Å². The molecular weight excluding hydrogens is 184 g/mol. The molecule has 15 heavy (non-hydrogen) atoms. The van der Waals surface area contributed by atoms with Crippen molar-refractivity contribution in [2.24, 2.45) is 0 Å². The molecule has 1 aromatic carbocycles. The van der Waals surface area contributed by atoms with E-state index in [0.717, 1.165) is 24.4 Å². The summed E-state index contributed by atoms with van der Waals surface area (Å²) < 4.78 is 5.58. The van der Waals surface area contributed by atoms with Crippen molar-refractivity contribution in [2.75, 3.05) is 6.61 Å². The second-order valence-corrected chi connectivity index (χ2v) is 3.70. The van der Waals surface area contributed by atoms with Gasteiger partial charge in [-0.2, -0.15) is 0 Å². The Morgan fingerprint density at radius 2 is 1.87 bits per heavy atom. The maximum absolute atomic E-state index is 5.58. The zero-order chi connectivity index (χ0) is 10.9. The van der Waals surface area contributed by atoms with Crippen molar-refractivity contribution in [3.8, 4) is 0 Å². The number of unbranched alkanes of at least 4 members (excludes halogenated alkanes) is 3. The molecule has 0 spiro atoms. The smallest absolute Gasteiger partial charge is 0.119 e. The van der Waals surface area contributed by atoms with Gasteiger partial charge in [-0.25, -0.2) is 0 Å². The lowest BCUT2D eigenvalue weighted by Gasteiger charge is -2.08. The van der Waals surface area contributed by atoms with Crippen LogP contribution in [0.5, 0.6) is 0 Å². The Kier molecular flexibility index (Phi) is 5.60. The highest BCUT2D eigenvalue weighted by atomic mass is 16.5. The zero-order valence-electron chi connectivity index (χ0n) is 9.54. The molecule has 1 heteroatoms. The summed E-state index contributed by atoms with van der Waals surface area (Å²) in [6.45, 7) is 6.92. The Morgan fingerprint density at radius 1 is 1.13 bits per heavy atom. The number of benzene rings is 1. The van der Waals surface area contributed by atoms with E-state index in [2.05, 4.69) is 13.5 Å². The summed E-state index contributed by atoms with van der Waals surface area (Å²) in [5, 5.41) is 0. The first-order valence-electron chi connectivity index (χ1n) is 5.71. The molecule has 0 fully saturated rings. The normalized spacial score (nSPS) is 9.93. The largest absolute Gasteiger partial charge is 0.494 e. The van der Waals surface area contributed by atoms with E-state index in [1.807, 2.05) is 30.3 Å². The highest BCUT2D eigenvalue weighted by Crippen LogP contribution is 2.13. The first-order chi connectivity index (χ1) is 7.34. The minimum Gasteiger partial charge on any atom is -0.494 e. The maximum atomic E-state index is 5.58. The van der Waals surface area contributed by atoms with Gasteiger partial charge in [-0.1, -0.05) is 63.1 Å². The van der Waals surface area contributed by atoms with Crippen LogP contribution in [-0.4, -0.2) is 6.61 Å². The van der Waals surface area contributed by atoms with Gasteiger partial charge in [-0.15, -0.1) is 0 Å². The molecule has 0 N–H and O–H groups in total. The predicted octanol–water partition coefficient (Wildman–Crippen LogP) is 4.25. The third-order valence-corrected chi connectivity index (χ3v) is 2.37. The van der Waals surface area contributed by atoms with Gasteiger partial charge >= 0.3 is 0 Å². The monoisotopic (exact) mass is 204 g/mol. The first-order valence-corrected chi connectivity index (χ1v) is 5.71. The summed E-state index contributed by atoms with van der Waals surface area (Å²) in [4.78, 5) is 0. The van der Waals surface area contributed by atoms with Gasteiger partial charge in [0.2, 0.25) is 0 Å². The summed E-state index contributed by atoms with van der Waals surface area (Å²) >= 11 is 0. The average molecular weight is 204 g/mol. The SMILES string of the molecule is C=C(OCCCCCC)c1ccccc1. The second-order valence-electron chi connectivity index (χ2n) is 3.70. The van der Waals surface area contributed by atoms with Crippen LogP contribution in [0.1, 0.15) is 38.2 Å². The summed E-state index contributed by atoms with van der Waals surface area (Å²) in [6.07, 6.45) is 4.93. The molecule has 0 bridgehead atoms. The van der Waals surface area contributed by atoms with E-state index in [0.29, 0.717) is 0 Å². The zero-order valence-corrected chi connectivity index (χ0v) is 9.54. The molecule has 0 aliphatic heterocycles. The lowest BCUT2D eigenvalue weighted by atomic mass is 10.2. The van der Waals surface area contributed by atoms with Crippen molar-refractivity contribution in [2.45, 2.75) is 32.6 Å². The molecule has 0 aromatic heterocycles. The fraction of sp³-hybridized carbons (Fsp3) is 0.429. The molecule has 82 valence electrons. The van der Waals surface area contributed by atoms with Crippen LogP contribution >= 0.6 is 0 Å². The van der Waals surface area contributed by atoms with Crippen LogP contribution in [0.3, 0.4) is 0 Å². The molecule has 0 aliphatic rings. The summed E-state index contributed by atoms with van der Waals surface area (Å²) in [7, 11) is 0. The Morgan fingerprint density at radius 3 is 2.53 bits per heavy atom. The van der Waals surface area contributed by atoms with E-state index in [-0.39, 0.29) is 0 Å². The van der Waals surface area contributed by atoms with Gasteiger partial charge < -0.3 is 4.74 Å². The van der Waals surface area contributed by atoms with Crippen LogP contribution in [0.25, 0.3) is 5.76 Å². The lowest BCUT2D eigenvalue weighted by Crippen LogP contribution is -1.93. The van der Waals surface area contributed by atoms with Gasteiger partial charge in [0, 0.05) is 5.56 Å². The van der Waals surface area contributed by atoms with Gasteiger partial charge in [0.05, 0.1) is 6.61 Å². The van der Waals surface area contributed by atoms with Crippen molar-refractivity contribution < 1.29 is 4.74 Å². The lowest BCUT2D eigenvalue weighted by molar-refractivity contribution is 0.267. The Labute approximate surface area is 92.8 Å². The van der Waals surface area contributed by atoms with E-state index in [1.54, 1.807) is 0 Å². The van der Waals surface area contributed by atoms with Gasteiger partial charge in [0.1, 0.15) is 5.76 Å². The predicted molar refractivity (Wildman–Crippen MR) is 65.6 cm³/mol. The molecule has 0 amide bonds. The minimum absolute atomic E-state index is 0.784. The third kappa shape index (κ3) is 4.68. The van der Waals surface area contributed by atoms with Crippen molar-refractivity contribution >= 4 is 5.76 Å². The Balaban J connectivity index is 2.20. The van der Waals surface area contributed by atoms with E-state index in [9.17, 15) is 0 Å². The summed E-state index contributed by atoms with van der Waals surface area (Å²) in [5.74, 6) is 0.784. The van der Waals surface area contributed by atoms with Gasteiger partial charge in [-0.3, -0.25) is 0 Å². The van der Waals surface area contributed by atoms with E-state index in [1.165, 1.54) is 19.3 Å². The molecule has 0 saturated heterocycles. The molecule has 1 aromatic rings. The van der Waals surface area contributed by atoms with Crippen LogP contribution in [0.15, 0.2) is 36.9 Å². The fourth-order valence-electron chi connectivity index (χ4n) is 1.43. The maximum Gasteiger partial charge on any atom is 0.119 e. The van der Waals surface area contributed by atoms with Crippen LogP contribution in [-0.2, 0) is 4.74 Å². The molecule has 0 heterocycles. The van der Waals surface area contributed by atoms with Crippen molar-refractivity contribution in [3.63, 3.8) is 0 Å². The number of ether oxygens (including phenoxy) is 1. The van der Waals surface area contributed by atoms with Crippen LogP contribution in [0.2, 0.25) is 0 Å². The summed E-state index contributed by atoms with van der Waals surface area (Å²) in [5.41, 5.74) is 1.08. The van der Waals surface area contributed by atoms with E-state index >= 15 is 0 Å². The van der Waals surface area contributed by atoms with Crippen molar-refractivity contribution in [1.82, 2.24) is 0 Å². The Hall–Kier alpha value is -1.24. The summed E-state index contributed by atoms with van der Waals surface area (Å²) in [6, 6.07) is 10.0. The molecule has 1 rings (SSSR count). The number of hydrogen-bond acceptors (Lipinski definition) is 1. The Bertz CT molecular complexity index is 277. The fourth-order valence-corrected chi connectivity index (χ4v) is 1.43. The third-order valence-electron chi connectivity index (χ3n) is 2.37.